The standard InChI is InChI=1S/C26H28FN3O2/c1-19-5-8-22(27)16-21(19)17-29-26(31)20-6-9-24(10-7-20)32-25-11-14-30(15-12-25)18-23-4-2-3-13-28-23/h2-10,13,16,25H,11-12,14-15,17-18H2,1H3,(H,29,31). The average molecular weight is 434 g/mol. The molecule has 4 rings (SSSR count). The topological polar surface area (TPSA) is 54.5 Å². The molecule has 0 spiro atoms. The number of pyridine rings is 1. The van der Waals surface area contributed by atoms with Crippen molar-refractivity contribution in [3.63, 3.8) is 0 Å². The van der Waals surface area contributed by atoms with Crippen molar-refractivity contribution in [2.45, 2.75) is 39.0 Å². The van der Waals surface area contributed by atoms with Gasteiger partial charge in [0.2, 0.25) is 0 Å². The summed E-state index contributed by atoms with van der Waals surface area (Å²) in [5, 5.41) is 2.85. The summed E-state index contributed by atoms with van der Waals surface area (Å²) >= 11 is 0. The maximum absolute atomic E-state index is 13.4. The summed E-state index contributed by atoms with van der Waals surface area (Å²) < 4.78 is 19.6. The summed E-state index contributed by atoms with van der Waals surface area (Å²) in [6, 6.07) is 17.8. The third-order valence-electron chi connectivity index (χ3n) is 5.82. The molecule has 1 aliphatic rings. The van der Waals surface area contributed by atoms with Crippen LogP contribution in [0.1, 0.15) is 40.0 Å². The Morgan fingerprint density at radius 2 is 1.91 bits per heavy atom. The highest BCUT2D eigenvalue weighted by Crippen LogP contribution is 2.21. The Morgan fingerprint density at radius 3 is 2.62 bits per heavy atom. The van der Waals surface area contributed by atoms with Gasteiger partial charge in [-0.1, -0.05) is 12.1 Å². The van der Waals surface area contributed by atoms with E-state index in [9.17, 15) is 9.18 Å². The summed E-state index contributed by atoms with van der Waals surface area (Å²) in [4.78, 5) is 19.2. The summed E-state index contributed by atoms with van der Waals surface area (Å²) in [6.07, 6.45) is 3.92. The Balaban J connectivity index is 1.24. The summed E-state index contributed by atoms with van der Waals surface area (Å²) in [7, 11) is 0. The molecule has 2 aromatic carbocycles. The zero-order valence-corrected chi connectivity index (χ0v) is 18.3. The molecule has 3 aromatic rings. The minimum Gasteiger partial charge on any atom is -0.490 e. The van der Waals surface area contributed by atoms with Gasteiger partial charge in [0, 0.05) is 37.9 Å². The molecular formula is C26H28FN3O2. The van der Waals surface area contributed by atoms with E-state index in [2.05, 4.69) is 21.3 Å². The minimum atomic E-state index is -0.302. The number of likely N-dealkylation sites (tertiary alicyclic amines) is 1. The summed E-state index contributed by atoms with van der Waals surface area (Å²) in [6.45, 7) is 5.00. The molecule has 5 nitrogen and oxygen atoms in total. The molecule has 1 fully saturated rings. The Hall–Kier alpha value is -3.25. The molecular weight excluding hydrogens is 405 g/mol. The second kappa shape index (κ2) is 10.4. The molecule has 1 aliphatic heterocycles. The van der Waals surface area contributed by atoms with Crippen molar-refractivity contribution >= 4 is 5.91 Å². The lowest BCUT2D eigenvalue weighted by Crippen LogP contribution is -2.37. The fourth-order valence-electron chi connectivity index (χ4n) is 3.89. The molecule has 0 aliphatic carbocycles. The number of amides is 1. The number of benzene rings is 2. The molecule has 1 amide bonds. The molecule has 0 unspecified atom stereocenters. The van der Waals surface area contributed by atoms with E-state index in [1.165, 1.54) is 12.1 Å². The predicted molar refractivity (Wildman–Crippen MR) is 122 cm³/mol. The smallest absolute Gasteiger partial charge is 0.251 e. The van der Waals surface area contributed by atoms with Crippen molar-refractivity contribution < 1.29 is 13.9 Å². The summed E-state index contributed by atoms with van der Waals surface area (Å²) in [5.41, 5.74) is 3.36. The molecule has 0 atom stereocenters. The Labute approximate surface area is 188 Å². The Kier molecular flexibility index (Phi) is 7.12. The molecule has 1 aromatic heterocycles. The summed E-state index contributed by atoms with van der Waals surface area (Å²) in [5.74, 6) is 0.276. The molecule has 2 heterocycles. The number of ether oxygens (including phenoxy) is 1. The first-order valence-corrected chi connectivity index (χ1v) is 11.0. The lowest BCUT2D eigenvalue weighted by molar-refractivity contribution is 0.0947. The van der Waals surface area contributed by atoms with E-state index in [4.69, 9.17) is 4.74 Å². The number of hydrogen-bond acceptors (Lipinski definition) is 4. The average Bonchev–Trinajstić information content (AvgIpc) is 2.82. The highest BCUT2D eigenvalue weighted by atomic mass is 19.1. The third kappa shape index (κ3) is 5.92. The van der Waals surface area contributed by atoms with Crippen LogP contribution in [0.2, 0.25) is 0 Å². The number of rotatable bonds is 7. The van der Waals surface area contributed by atoms with Gasteiger partial charge in [0.1, 0.15) is 17.7 Å². The lowest BCUT2D eigenvalue weighted by atomic mass is 10.1. The van der Waals surface area contributed by atoms with Crippen LogP contribution < -0.4 is 10.1 Å². The molecule has 0 bridgehead atoms. The van der Waals surface area contributed by atoms with Gasteiger partial charge in [0.25, 0.3) is 5.91 Å². The number of halogens is 1. The number of aromatic nitrogens is 1. The molecule has 32 heavy (non-hydrogen) atoms. The van der Waals surface area contributed by atoms with E-state index in [1.54, 1.807) is 18.2 Å². The van der Waals surface area contributed by atoms with Crippen LogP contribution in [-0.2, 0) is 13.1 Å². The highest BCUT2D eigenvalue weighted by Gasteiger charge is 2.21. The van der Waals surface area contributed by atoms with Gasteiger partial charge >= 0.3 is 0 Å². The van der Waals surface area contributed by atoms with Crippen molar-refractivity contribution in [2.75, 3.05) is 13.1 Å². The molecule has 6 heteroatoms. The third-order valence-corrected chi connectivity index (χ3v) is 5.82. The first-order chi connectivity index (χ1) is 15.6. The monoisotopic (exact) mass is 433 g/mol. The van der Waals surface area contributed by atoms with Gasteiger partial charge < -0.3 is 10.1 Å². The SMILES string of the molecule is Cc1ccc(F)cc1CNC(=O)c1ccc(OC2CCN(Cc3ccccn3)CC2)cc1. The molecule has 166 valence electrons. The first-order valence-electron chi connectivity index (χ1n) is 11.0. The van der Waals surface area contributed by atoms with Crippen LogP contribution in [0.5, 0.6) is 5.75 Å². The number of carbonyl (C=O) groups excluding carboxylic acids is 1. The van der Waals surface area contributed by atoms with Crippen LogP contribution in [0, 0.1) is 12.7 Å². The van der Waals surface area contributed by atoms with E-state index in [1.807, 2.05) is 37.4 Å². The van der Waals surface area contributed by atoms with E-state index in [0.29, 0.717) is 5.56 Å². The number of aryl methyl sites for hydroxylation is 1. The number of carbonyl (C=O) groups is 1. The number of nitrogens with zero attached hydrogens (tertiary/aromatic N) is 2. The Morgan fingerprint density at radius 1 is 1.12 bits per heavy atom. The van der Waals surface area contributed by atoms with Gasteiger partial charge in [0.05, 0.1) is 5.69 Å². The molecule has 1 N–H and O–H groups in total. The molecule has 1 saturated heterocycles. The van der Waals surface area contributed by atoms with Gasteiger partial charge in [-0.25, -0.2) is 4.39 Å². The minimum absolute atomic E-state index is 0.172. The van der Waals surface area contributed by atoms with Gasteiger partial charge in [-0.15, -0.1) is 0 Å². The van der Waals surface area contributed by atoms with Crippen molar-refractivity contribution in [3.8, 4) is 5.75 Å². The highest BCUT2D eigenvalue weighted by molar-refractivity contribution is 5.94. The maximum atomic E-state index is 13.4. The van der Waals surface area contributed by atoms with Crippen LogP contribution in [0.4, 0.5) is 4.39 Å². The van der Waals surface area contributed by atoms with Crippen LogP contribution in [-0.4, -0.2) is 35.0 Å². The van der Waals surface area contributed by atoms with Gasteiger partial charge in [0.15, 0.2) is 0 Å². The van der Waals surface area contributed by atoms with Gasteiger partial charge in [-0.05, 0) is 79.4 Å². The second-order valence-corrected chi connectivity index (χ2v) is 8.19. The van der Waals surface area contributed by atoms with E-state index in [0.717, 1.165) is 55.0 Å². The van der Waals surface area contributed by atoms with Crippen molar-refractivity contribution in [3.05, 3.63) is 95.1 Å². The van der Waals surface area contributed by atoms with Crippen LogP contribution in [0.25, 0.3) is 0 Å². The number of hydrogen-bond donors (Lipinski definition) is 1. The van der Waals surface area contributed by atoms with Crippen molar-refractivity contribution in [1.29, 1.82) is 0 Å². The number of piperidine rings is 1. The van der Waals surface area contributed by atoms with Gasteiger partial charge in [-0.2, -0.15) is 0 Å². The zero-order valence-electron chi connectivity index (χ0n) is 18.3. The fourth-order valence-corrected chi connectivity index (χ4v) is 3.89. The number of nitrogens with one attached hydrogen (secondary N) is 1. The maximum Gasteiger partial charge on any atom is 0.251 e. The van der Waals surface area contributed by atoms with E-state index in [-0.39, 0.29) is 24.4 Å². The van der Waals surface area contributed by atoms with E-state index < -0.39 is 0 Å². The fraction of sp³-hybridized carbons (Fsp3) is 0.308. The molecule has 0 radical (unpaired) electrons. The lowest BCUT2D eigenvalue weighted by Gasteiger charge is -2.31. The normalized spacial score (nSPS) is 14.8. The second-order valence-electron chi connectivity index (χ2n) is 8.19. The predicted octanol–water partition coefficient (Wildman–Crippen LogP) is 4.50. The van der Waals surface area contributed by atoms with Crippen molar-refractivity contribution in [2.24, 2.45) is 0 Å². The van der Waals surface area contributed by atoms with Crippen LogP contribution in [0.3, 0.4) is 0 Å². The quantitative estimate of drug-likeness (QED) is 0.596. The largest absolute Gasteiger partial charge is 0.490 e. The zero-order chi connectivity index (χ0) is 22.3. The van der Waals surface area contributed by atoms with Gasteiger partial charge in [-0.3, -0.25) is 14.7 Å². The van der Waals surface area contributed by atoms with E-state index >= 15 is 0 Å². The van der Waals surface area contributed by atoms with Crippen LogP contribution in [0.15, 0.2) is 66.9 Å². The van der Waals surface area contributed by atoms with Crippen LogP contribution >= 0.6 is 0 Å². The van der Waals surface area contributed by atoms with Crippen molar-refractivity contribution in [1.82, 2.24) is 15.2 Å². The first kappa shape index (κ1) is 22.0. The Bertz CT molecular complexity index is 1030. The molecule has 0 saturated carbocycles.